The monoisotopic (exact) mass is 431 g/mol. The van der Waals surface area contributed by atoms with Gasteiger partial charge in [0, 0.05) is 29.2 Å². The lowest BCUT2D eigenvalue weighted by Gasteiger charge is -2.14. The largest absolute Gasteiger partial charge is 0.497 e. The predicted molar refractivity (Wildman–Crippen MR) is 117 cm³/mol. The Morgan fingerprint density at radius 1 is 0.793 bits per heavy atom. The van der Waals surface area contributed by atoms with Crippen LogP contribution >= 0.6 is 23.2 Å². The Bertz CT molecular complexity index is 945. The van der Waals surface area contributed by atoms with Gasteiger partial charge in [0.25, 0.3) is 0 Å². The summed E-state index contributed by atoms with van der Waals surface area (Å²) in [7, 11) is 3.27. The molecule has 0 aromatic heterocycles. The second kappa shape index (κ2) is 10.4. The molecule has 0 aliphatic rings. The van der Waals surface area contributed by atoms with Gasteiger partial charge in [0.1, 0.15) is 12.4 Å². The number of benzene rings is 3. The first-order valence-electron chi connectivity index (χ1n) is 9.16. The maximum atomic E-state index is 6.47. The van der Waals surface area contributed by atoms with Crippen LogP contribution < -0.4 is 19.5 Å². The zero-order valence-electron chi connectivity index (χ0n) is 16.4. The number of halogens is 2. The van der Waals surface area contributed by atoms with Gasteiger partial charge in [0.15, 0.2) is 11.5 Å². The van der Waals surface area contributed by atoms with E-state index in [1.54, 1.807) is 20.3 Å². The number of hydrogen-bond donors (Lipinski definition) is 1. The van der Waals surface area contributed by atoms with Gasteiger partial charge in [0.2, 0.25) is 0 Å². The van der Waals surface area contributed by atoms with Crippen molar-refractivity contribution in [3.05, 3.63) is 87.4 Å². The van der Waals surface area contributed by atoms with Crippen LogP contribution in [0.25, 0.3) is 0 Å². The molecular weight excluding hydrogens is 409 g/mol. The molecule has 1 N–H and O–H groups in total. The van der Waals surface area contributed by atoms with Gasteiger partial charge in [0.05, 0.1) is 14.2 Å². The molecule has 0 aliphatic carbocycles. The van der Waals surface area contributed by atoms with Crippen molar-refractivity contribution in [1.82, 2.24) is 5.32 Å². The number of methoxy groups -OCH3 is 2. The molecule has 3 aromatic carbocycles. The molecule has 0 amide bonds. The molecule has 4 nitrogen and oxygen atoms in total. The van der Waals surface area contributed by atoms with Gasteiger partial charge >= 0.3 is 0 Å². The van der Waals surface area contributed by atoms with E-state index in [-0.39, 0.29) is 0 Å². The van der Waals surface area contributed by atoms with Crippen LogP contribution in [0.2, 0.25) is 10.0 Å². The maximum absolute atomic E-state index is 6.47. The first-order valence-corrected chi connectivity index (χ1v) is 9.92. The molecule has 0 bridgehead atoms. The highest BCUT2D eigenvalue weighted by atomic mass is 35.5. The van der Waals surface area contributed by atoms with Crippen LogP contribution in [0.4, 0.5) is 0 Å². The van der Waals surface area contributed by atoms with Crippen molar-refractivity contribution in [2.45, 2.75) is 19.7 Å². The molecule has 0 aliphatic heterocycles. The highest BCUT2D eigenvalue weighted by Crippen LogP contribution is 2.34. The van der Waals surface area contributed by atoms with E-state index in [2.05, 4.69) is 5.32 Å². The average Bonchev–Trinajstić information content (AvgIpc) is 2.74. The molecule has 3 rings (SSSR count). The van der Waals surface area contributed by atoms with Gasteiger partial charge in [-0.25, -0.2) is 0 Å². The topological polar surface area (TPSA) is 39.7 Å². The van der Waals surface area contributed by atoms with E-state index < -0.39 is 0 Å². The van der Waals surface area contributed by atoms with Crippen LogP contribution in [-0.4, -0.2) is 14.2 Å². The summed E-state index contributed by atoms with van der Waals surface area (Å²) < 4.78 is 16.6. The number of ether oxygens (including phenoxy) is 3. The molecule has 0 saturated carbocycles. The molecule has 152 valence electrons. The molecular formula is C23H23Cl2NO3. The summed E-state index contributed by atoms with van der Waals surface area (Å²) in [6.07, 6.45) is 0. The van der Waals surface area contributed by atoms with Crippen molar-refractivity contribution in [3.63, 3.8) is 0 Å². The lowest BCUT2D eigenvalue weighted by atomic mass is 10.1. The molecule has 0 saturated heterocycles. The van der Waals surface area contributed by atoms with Crippen molar-refractivity contribution < 1.29 is 14.2 Å². The second-order valence-corrected chi connectivity index (χ2v) is 7.31. The fourth-order valence-electron chi connectivity index (χ4n) is 2.86. The van der Waals surface area contributed by atoms with E-state index in [1.807, 2.05) is 54.6 Å². The Kier molecular flexibility index (Phi) is 7.64. The summed E-state index contributed by atoms with van der Waals surface area (Å²) in [5, 5.41) is 4.69. The van der Waals surface area contributed by atoms with Gasteiger partial charge in [-0.1, -0.05) is 47.5 Å². The standard InChI is InChI=1S/C23H23Cl2NO3/c1-27-20-8-6-16(7-9-20)13-26-14-18-11-22(28-2)23(12-21(18)25)29-15-17-4-3-5-19(24)10-17/h3-12,26H,13-15H2,1-2H3. The van der Waals surface area contributed by atoms with Crippen LogP contribution in [0.5, 0.6) is 17.2 Å². The SMILES string of the molecule is COc1ccc(CNCc2cc(OC)c(OCc3cccc(Cl)c3)cc2Cl)cc1. The summed E-state index contributed by atoms with van der Waals surface area (Å²) in [6, 6.07) is 19.2. The Hall–Kier alpha value is -2.40. The zero-order chi connectivity index (χ0) is 20.6. The zero-order valence-corrected chi connectivity index (χ0v) is 17.9. The number of rotatable bonds is 9. The normalized spacial score (nSPS) is 10.6. The highest BCUT2D eigenvalue weighted by Gasteiger charge is 2.11. The van der Waals surface area contributed by atoms with Crippen molar-refractivity contribution in [2.75, 3.05) is 14.2 Å². The summed E-state index contributed by atoms with van der Waals surface area (Å²) >= 11 is 12.5. The Balaban J connectivity index is 1.62. The van der Waals surface area contributed by atoms with Crippen molar-refractivity contribution in [2.24, 2.45) is 0 Å². The lowest BCUT2D eigenvalue weighted by molar-refractivity contribution is 0.284. The van der Waals surface area contributed by atoms with Crippen molar-refractivity contribution in [3.8, 4) is 17.2 Å². The highest BCUT2D eigenvalue weighted by molar-refractivity contribution is 6.31. The molecule has 6 heteroatoms. The summed E-state index contributed by atoms with van der Waals surface area (Å²) in [5.74, 6) is 2.07. The molecule has 0 atom stereocenters. The maximum Gasteiger partial charge on any atom is 0.163 e. The van der Waals surface area contributed by atoms with Gasteiger partial charge in [-0.3, -0.25) is 0 Å². The minimum atomic E-state index is 0.377. The van der Waals surface area contributed by atoms with Crippen LogP contribution in [0.3, 0.4) is 0 Å². The smallest absolute Gasteiger partial charge is 0.163 e. The summed E-state index contributed by atoms with van der Waals surface area (Å²) in [6.45, 7) is 1.70. The van der Waals surface area contributed by atoms with Crippen molar-refractivity contribution in [1.29, 1.82) is 0 Å². The van der Waals surface area contributed by atoms with Crippen LogP contribution in [0, 0.1) is 0 Å². The Morgan fingerprint density at radius 2 is 1.59 bits per heavy atom. The molecule has 0 unspecified atom stereocenters. The number of nitrogens with one attached hydrogen (secondary N) is 1. The van der Waals surface area contributed by atoms with Gasteiger partial charge in [-0.05, 0) is 47.0 Å². The quantitative estimate of drug-likeness (QED) is 0.459. The van der Waals surface area contributed by atoms with E-state index in [0.717, 1.165) is 29.0 Å². The third-order valence-electron chi connectivity index (χ3n) is 4.42. The minimum absolute atomic E-state index is 0.377. The lowest BCUT2D eigenvalue weighted by Crippen LogP contribution is -2.13. The van der Waals surface area contributed by atoms with Crippen LogP contribution in [-0.2, 0) is 19.7 Å². The Morgan fingerprint density at radius 3 is 2.28 bits per heavy atom. The van der Waals surface area contributed by atoms with E-state index >= 15 is 0 Å². The van der Waals surface area contributed by atoms with E-state index in [4.69, 9.17) is 37.4 Å². The third kappa shape index (κ3) is 6.04. The third-order valence-corrected chi connectivity index (χ3v) is 5.01. The molecule has 0 spiro atoms. The summed E-state index contributed by atoms with van der Waals surface area (Å²) in [5.41, 5.74) is 3.07. The van der Waals surface area contributed by atoms with E-state index in [1.165, 1.54) is 0 Å². The number of hydrogen-bond acceptors (Lipinski definition) is 4. The molecule has 29 heavy (non-hydrogen) atoms. The molecule has 3 aromatic rings. The van der Waals surface area contributed by atoms with Crippen LogP contribution in [0.1, 0.15) is 16.7 Å². The molecule has 0 heterocycles. The van der Waals surface area contributed by atoms with E-state index in [9.17, 15) is 0 Å². The first-order chi connectivity index (χ1) is 14.1. The molecule has 0 fully saturated rings. The molecule has 0 radical (unpaired) electrons. The minimum Gasteiger partial charge on any atom is -0.497 e. The second-order valence-electron chi connectivity index (χ2n) is 6.46. The predicted octanol–water partition coefficient (Wildman–Crippen LogP) is 5.88. The van der Waals surface area contributed by atoms with Crippen molar-refractivity contribution >= 4 is 23.2 Å². The van der Waals surface area contributed by atoms with Gasteiger partial charge in [-0.2, -0.15) is 0 Å². The first kappa shape index (κ1) is 21.3. The van der Waals surface area contributed by atoms with E-state index in [0.29, 0.717) is 34.7 Å². The van der Waals surface area contributed by atoms with Crippen LogP contribution in [0.15, 0.2) is 60.7 Å². The van der Waals surface area contributed by atoms with Gasteiger partial charge in [-0.15, -0.1) is 0 Å². The fraction of sp³-hybridized carbons (Fsp3) is 0.217. The average molecular weight is 432 g/mol. The van der Waals surface area contributed by atoms with Gasteiger partial charge < -0.3 is 19.5 Å². The summed E-state index contributed by atoms with van der Waals surface area (Å²) in [4.78, 5) is 0. The fourth-order valence-corrected chi connectivity index (χ4v) is 3.29. The Labute approximate surface area is 181 Å².